The van der Waals surface area contributed by atoms with Crippen molar-refractivity contribution in [2.75, 3.05) is 51.8 Å². The van der Waals surface area contributed by atoms with Gasteiger partial charge in [0.15, 0.2) is 0 Å². The van der Waals surface area contributed by atoms with Crippen LogP contribution in [0.1, 0.15) is 0 Å². The SMILES string of the molecule is COc1ccccc1N1CCN(C(=O)C(CN)OC)CC1. The highest BCUT2D eigenvalue weighted by molar-refractivity contribution is 5.81. The molecule has 1 fully saturated rings. The van der Waals surface area contributed by atoms with E-state index < -0.39 is 6.10 Å². The molecule has 1 aliphatic rings. The van der Waals surface area contributed by atoms with Gasteiger partial charge in [-0.3, -0.25) is 4.79 Å². The lowest BCUT2D eigenvalue weighted by molar-refractivity contribution is -0.141. The zero-order valence-corrected chi connectivity index (χ0v) is 12.6. The number of carbonyl (C=O) groups excluding carboxylic acids is 1. The van der Waals surface area contributed by atoms with Gasteiger partial charge in [0.2, 0.25) is 0 Å². The van der Waals surface area contributed by atoms with Crippen molar-refractivity contribution >= 4 is 11.6 Å². The summed E-state index contributed by atoms with van der Waals surface area (Å²) in [7, 11) is 3.18. The molecule has 0 bridgehead atoms. The quantitative estimate of drug-likeness (QED) is 0.846. The summed E-state index contributed by atoms with van der Waals surface area (Å²) in [6, 6.07) is 7.92. The normalized spacial score (nSPS) is 16.7. The number of nitrogens with two attached hydrogens (primary N) is 1. The summed E-state index contributed by atoms with van der Waals surface area (Å²) in [5.74, 6) is 0.827. The standard InChI is InChI=1S/C15H23N3O3/c1-20-13-6-4-3-5-12(13)17-7-9-18(10-8-17)15(19)14(11-16)21-2/h3-6,14H,7-11,16H2,1-2H3. The monoisotopic (exact) mass is 293 g/mol. The predicted octanol–water partition coefficient (Wildman–Crippen LogP) is 0.318. The molecule has 6 nitrogen and oxygen atoms in total. The van der Waals surface area contributed by atoms with Crippen LogP contribution < -0.4 is 15.4 Å². The first-order chi connectivity index (χ1) is 10.2. The molecule has 2 rings (SSSR count). The Kier molecular flexibility index (Phi) is 5.41. The van der Waals surface area contributed by atoms with Gasteiger partial charge in [-0.2, -0.15) is 0 Å². The maximum Gasteiger partial charge on any atom is 0.253 e. The molecular weight excluding hydrogens is 270 g/mol. The van der Waals surface area contributed by atoms with Crippen LogP contribution in [0, 0.1) is 0 Å². The Morgan fingerprint density at radius 3 is 2.48 bits per heavy atom. The van der Waals surface area contributed by atoms with Crippen molar-refractivity contribution in [3.05, 3.63) is 24.3 Å². The Bertz CT molecular complexity index is 469. The van der Waals surface area contributed by atoms with Crippen molar-refractivity contribution in [3.63, 3.8) is 0 Å². The van der Waals surface area contributed by atoms with E-state index >= 15 is 0 Å². The molecule has 2 N–H and O–H groups in total. The second kappa shape index (κ2) is 7.28. The number of anilines is 1. The minimum Gasteiger partial charge on any atom is -0.495 e. The lowest BCUT2D eigenvalue weighted by atomic mass is 10.2. The van der Waals surface area contributed by atoms with Gasteiger partial charge in [0.05, 0.1) is 12.8 Å². The molecule has 1 aromatic rings. The first-order valence-electron chi connectivity index (χ1n) is 7.11. The second-order valence-electron chi connectivity index (χ2n) is 4.94. The number of piperazine rings is 1. The number of hydrogen-bond acceptors (Lipinski definition) is 5. The van der Waals surface area contributed by atoms with Crippen LogP contribution in [0.3, 0.4) is 0 Å². The maximum absolute atomic E-state index is 12.2. The van der Waals surface area contributed by atoms with Crippen LogP contribution in [0.2, 0.25) is 0 Å². The van der Waals surface area contributed by atoms with Crippen LogP contribution in [-0.4, -0.2) is 63.9 Å². The van der Waals surface area contributed by atoms with Gasteiger partial charge >= 0.3 is 0 Å². The van der Waals surface area contributed by atoms with Gasteiger partial charge in [-0.25, -0.2) is 0 Å². The molecule has 1 amide bonds. The lowest BCUT2D eigenvalue weighted by Gasteiger charge is -2.37. The molecule has 0 saturated carbocycles. The first kappa shape index (κ1) is 15.6. The number of methoxy groups -OCH3 is 2. The highest BCUT2D eigenvalue weighted by atomic mass is 16.5. The number of benzene rings is 1. The highest BCUT2D eigenvalue weighted by Gasteiger charge is 2.27. The Morgan fingerprint density at radius 2 is 1.90 bits per heavy atom. The van der Waals surface area contributed by atoms with E-state index in [1.54, 1.807) is 7.11 Å². The number of amides is 1. The molecular formula is C15H23N3O3. The van der Waals surface area contributed by atoms with Gasteiger partial charge in [0, 0.05) is 39.8 Å². The van der Waals surface area contributed by atoms with E-state index in [0.29, 0.717) is 13.1 Å². The van der Waals surface area contributed by atoms with Gasteiger partial charge in [0.1, 0.15) is 11.9 Å². The molecule has 0 spiro atoms. The van der Waals surface area contributed by atoms with Crippen LogP contribution in [0.15, 0.2) is 24.3 Å². The van der Waals surface area contributed by atoms with E-state index in [1.165, 1.54) is 7.11 Å². The summed E-state index contributed by atoms with van der Waals surface area (Å²) in [6.45, 7) is 3.08. The summed E-state index contributed by atoms with van der Waals surface area (Å²) >= 11 is 0. The van der Waals surface area contributed by atoms with E-state index in [2.05, 4.69) is 4.90 Å². The van der Waals surface area contributed by atoms with E-state index in [-0.39, 0.29) is 12.5 Å². The van der Waals surface area contributed by atoms with Crippen molar-refractivity contribution < 1.29 is 14.3 Å². The summed E-state index contributed by atoms with van der Waals surface area (Å²) in [5.41, 5.74) is 6.61. The number of para-hydroxylation sites is 2. The smallest absolute Gasteiger partial charge is 0.253 e. The second-order valence-corrected chi connectivity index (χ2v) is 4.94. The zero-order valence-electron chi connectivity index (χ0n) is 12.6. The topological polar surface area (TPSA) is 68.0 Å². The molecule has 1 heterocycles. The van der Waals surface area contributed by atoms with Crippen molar-refractivity contribution in [1.82, 2.24) is 4.90 Å². The fourth-order valence-electron chi connectivity index (χ4n) is 2.56. The summed E-state index contributed by atoms with van der Waals surface area (Å²) in [5, 5.41) is 0. The van der Waals surface area contributed by atoms with Crippen molar-refractivity contribution in [3.8, 4) is 5.75 Å². The molecule has 0 aliphatic carbocycles. The van der Waals surface area contributed by atoms with Gasteiger partial charge in [0.25, 0.3) is 5.91 Å². The molecule has 1 aliphatic heterocycles. The maximum atomic E-state index is 12.2. The van der Waals surface area contributed by atoms with Crippen molar-refractivity contribution in [2.24, 2.45) is 5.73 Å². The average molecular weight is 293 g/mol. The summed E-state index contributed by atoms with van der Waals surface area (Å²) in [6.07, 6.45) is -0.539. The molecule has 1 unspecified atom stereocenters. The molecule has 116 valence electrons. The molecule has 1 saturated heterocycles. The Hall–Kier alpha value is -1.79. The average Bonchev–Trinajstić information content (AvgIpc) is 2.56. The fraction of sp³-hybridized carbons (Fsp3) is 0.533. The van der Waals surface area contributed by atoms with E-state index in [1.807, 2.05) is 29.2 Å². The third kappa shape index (κ3) is 3.46. The predicted molar refractivity (Wildman–Crippen MR) is 81.6 cm³/mol. The molecule has 21 heavy (non-hydrogen) atoms. The van der Waals surface area contributed by atoms with Crippen LogP contribution in [-0.2, 0) is 9.53 Å². The number of carbonyl (C=O) groups is 1. The number of hydrogen-bond donors (Lipinski definition) is 1. The van der Waals surface area contributed by atoms with Gasteiger partial charge < -0.3 is 25.0 Å². The van der Waals surface area contributed by atoms with E-state index in [0.717, 1.165) is 24.5 Å². The number of rotatable bonds is 5. The van der Waals surface area contributed by atoms with Gasteiger partial charge in [-0.05, 0) is 12.1 Å². The summed E-state index contributed by atoms with van der Waals surface area (Å²) in [4.78, 5) is 16.2. The third-order valence-electron chi connectivity index (χ3n) is 3.79. The lowest BCUT2D eigenvalue weighted by Crippen LogP contribution is -2.53. The molecule has 1 aromatic carbocycles. The highest BCUT2D eigenvalue weighted by Crippen LogP contribution is 2.28. The summed E-state index contributed by atoms with van der Waals surface area (Å²) < 4.78 is 10.5. The largest absolute Gasteiger partial charge is 0.495 e. The van der Waals surface area contributed by atoms with Crippen LogP contribution in [0.5, 0.6) is 5.75 Å². The van der Waals surface area contributed by atoms with E-state index in [9.17, 15) is 4.79 Å². The first-order valence-corrected chi connectivity index (χ1v) is 7.11. The van der Waals surface area contributed by atoms with Gasteiger partial charge in [-0.1, -0.05) is 12.1 Å². The molecule has 0 aromatic heterocycles. The Labute approximate surface area is 125 Å². The van der Waals surface area contributed by atoms with Crippen LogP contribution >= 0.6 is 0 Å². The Morgan fingerprint density at radius 1 is 1.24 bits per heavy atom. The zero-order chi connectivity index (χ0) is 15.2. The van der Waals surface area contributed by atoms with Crippen molar-refractivity contribution in [2.45, 2.75) is 6.10 Å². The molecule has 0 radical (unpaired) electrons. The molecule has 6 heteroatoms. The number of ether oxygens (including phenoxy) is 2. The van der Waals surface area contributed by atoms with Gasteiger partial charge in [-0.15, -0.1) is 0 Å². The molecule has 1 atom stereocenters. The van der Waals surface area contributed by atoms with E-state index in [4.69, 9.17) is 15.2 Å². The fourth-order valence-corrected chi connectivity index (χ4v) is 2.56. The van der Waals surface area contributed by atoms with Crippen LogP contribution in [0.25, 0.3) is 0 Å². The Balaban J connectivity index is 1.98. The minimum atomic E-state index is -0.539. The minimum absolute atomic E-state index is 0.0281. The number of nitrogens with zero attached hydrogens (tertiary/aromatic N) is 2. The van der Waals surface area contributed by atoms with Crippen molar-refractivity contribution in [1.29, 1.82) is 0 Å². The van der Waals surface area contributed by atoms with Crippen LogP contribution in [0.4, 0.5) is 5.69 Å². The third-order valence-corrected chi connectivity index (χ3v) is 3.79.